The predicted octanol–water partition coefficient (Wildman–Crippen LogP) is 4.33. The highest BCUT2D eigenvalue weighted by atomic mass is 16.2. The summed E-state index contributed by atoms with van der Waals surface area (Å²) in [6.45, 7) is 5.73. The second kappa shape index (κ2) is 9.79. The number of nitrogens with zero attached hydrogens (tertiary/aromatic N) is 5. The predicted molar refractivity (Wildman–Crippen MR) is 131 cm³/mol. The number of hydrogen-bond acceptors (Lipinski definition) is 5. The molecule has 6 heteroatoms. The van der Waals surface area contributed by atoms with E-state index in [-0.39, 0.29) is 5.91 Å². The Morgan fingerprint density at radius 2 is 1.79 bits per heavy atom. The quantitative estimate of drug-likeness (QED) is 0.544. The van der Waals surface area contributed by atoms with Gasteiger partial charge in [-0.15, -0.1) is 0 Å². The standard InChI is InChI=1S/C27H33N5O/c1-20(2)25-29-17-21(18-30-25)19-32-15-7-12-27(32,26(33)31(3)4)16-23-8-5-6-9-24(23)22-10-13-28-14-11-22/h5-6,8-11,13-14,17-18,20H,7,12,15-16,19H2,1-4H3. The number of amides is 1. The fourth-order valence-electron chi connectivity index (χ4n) is 4.87. The molecule has 6 nitrogen and oxygen atoms in total. The highest BCUT2D eigenvalue weighted by Crippen LogP contribution is 2.38. The highest BCUT2D eigenvalue weighted by Gasteiger charge is 2.48. The van der Waals surface area contributed by atoms with Gasteiger partial charge in [0.25, 0.3) is 0 Å². The number of benzene rings is 1. The molecule has 1 aromatic carbocycles. The molecule has 4 rings (SSSR count). The summed E-state index contributed by atoms with van der Waals surface area (Å²) in [5, 5.41) is 0. The third-order valence-electron chi connectivity index (χ3n) is 6.53. The molecule has 1 amide bonds. The van der Waals surface area contributed by atoms with Gasteiger partial charge in [-0.05, 0) is 48.2 Å². The van der Waals surface area contributed by atoms with Gasteiger partial charge in [-0.2, -0.15) is 0 Å². The first kappa shape index (κ1) is 23.1. The Balaban J connectivity index is 1.69. The summed E-state index contributed by atoms with van der Waals surface area (Å²) in [5.41, 5.74) is 3.90. The summed E-state index contributed by atoms with van der Waals surface area (Å²) in [6, 6.07) is 12.5. The van der Waals surface area contributed by atoms with E-state index in [2.05, 4.69) is 58.0 Å². The van der Waals surface area contributed by atoms with Crippen LogP contribution in [0.15, 0.2) is 61.2 Å². The Labute approximate surface area is 196 Å². The van der Waals surface area contributed by atoms with Crippen LogP contribution in [0.3, 0.4) is 0 Å². The normalized spacial score (nSPS) is 18.6. The Morgan fingerprint density at radius 3 is 2.45 bits per heavy atom. The minimum Gasteiger partial charge on any atom is -0.347 e. The molecule has 0 aliphatic carbocycles. The van der Waals surface area contributed by atoms with Crippen molar-refractivity contribution in [3.63, 3.8) is 0 Å². The molecule has 2 aromatic heterocycles. The maximum absolute atomic E-state index is 13.7. The number of likely N-dealkylation sites (N-methyl/N-ethyl adjacent to an activating group) is 1. The van der Waals surface area contributed by atoms with Crippen LogP contribution in [0.4, 0.5) is 0 Å². The molecule has 1 aliphatic heterocycles. The molecule has 1 unspecified atom stereocenters. The first-order valence-electron chi connectivity index (χ1n) is 11.7. The van der Waals surface area contributed by atoms with Crippen LogP contribution in [0.25, 0.3) is 11.1 Å². The summed E-state index contributed by atoms with van der Waals surface area (Å²) >= 11 is 0. The van der Waals surface area contributed by atoms with Crippen molar-refractivity contribution in [3.8, 4) is 11.1 Å². The lowest BCUT2D eigenvalue weighted by molar-refractivity contribution is -0.140. The van der Waals surface area contributed by atoms with Crippen molar-refractivity contribution in [1.82, 2.24) is 24.8 Å². The molecule has 33 heavy (non-hydrogen) atoms. The van der Waals surface area contributed by atoms with Crippen molar-refractivity contribution in [2.75, 3.05) is 20.6 Å². The second-order valence-corrected chi connectivity index (χ2v) is 9.43. The lowest BCUT2D eigenvalue weighted by Gasteiger charge is -2.39. The zero-order valence-electron chi connectivity index (χ0n) is 20.0. The number of carbonyl (C=O) groups is 1. The highest BCUT2D eigenvalue weighted by molar-refractivity contribution is 5.87. The van der Waals surface area contributed by atoms with E-state index in [1.165, 1.54) is 5.56 Å². The molecule has 0 N–H and O–H groups in total. The van der Waals surface area contributed by atoms with Crippen LogP contribution in [0.2, 0.25) is 0 Å². The number of likely N-dealkylation sites (tertiary alicyclic amines) is 1. The molecular weight excluding hydrogens is 410 g/mol. The summed E-state index contributed by atoms with van der Waals surface area (Å²) < 4.78 is 0. The van der Waals surface area contributed by atoms with Crippen LogP contribution < -0.4 is 0 Å². The number of rotatable bonds is 7. The molecule has 1 atom stereocenters. The monoisotopic (exact) mass is 443 g/mol. The molecule has 3 aromatic rings. The fourth-order valence-corrected chi connectivity index (χ4v) is 4.87. The molecule has 1 saturated heterocycles. The van der Waals surface area contributed by atoms with Crippen molar-refractivity contribution < 1.29 is 4.79 Å². The van der Waals surface area contributed by atoms with Gasteiger partial charge in [-0.3, -0.25) is 14.7 Å². The zero-order valence-corrected chi connectivity index (χ0v) is 20.0. The van der Waals surface area contributed by atoms with Crippen LogP contribution in [0, 0.1) is 0 Å². The third kappa shape index (κ3) is 4.81. The molecule has 0 bridgehead atoms. The van der Waals surface area contributed by atoms with E-state index in [0.717, 1.165) is 41.9 Å². The molecule has 1 aliphatic rings. The van der Waals surface area contributed by atoms with Gasteiger partial charge in [0.15, 0.2) is 0 Å². The van der Waals surface area contributed by atoms with Gasteiger partial charge < -0.3 is 4.90 Å². The van der Waals surface area contributed by atoms with Crippen molar-refractivity contribution in [2.45, 2.75) is 51.1 Å². The fraction of sp³-hybridized carbons (Fsp3) is 0.407. The molecular formula is C27H33N5O. The molecule has 0 spiro atoms. The van der Waals surface area contributed by atoms with Crippen molar-refractivity contribution in [3.05, 3.63) is 78.1 Å². The number of hydrogen-bond donors (Lipinski definition) is 0. The van der Waals surface area contributed by atoms with Gasteiger partial charge in [0, 0.05) is 63.3 Å². The van der Waals surface area contributed by atoms with Crippen LogP contribution in [-0.2, 0) is 17.8 Å². The average molecular weight is 444 g/mol. The summed E-state index contributed by atoms with van der Waals surface area (Å²) in [7, 11) is 3.71. The minimum atomic E-state index is -0.594. The van der Waals surface area contributed by atoms with Crippen LogP contribution in [0.5, 0.6) is 0 Å². The van der Waals surface area contributed by atoms with E-state index in [1.54, 1.807) is 4.90 Å². The first-order valence-corrected chi connectivity index (χ1v) is 11.7. The molecule has 3 heterocycles. The van der Waals surface area contributed by atoms with E-state index >= 15 is 0 Å². The smallest absolute Gasteiger partial charge is 0.242 e. The maximum Gasteiger partial charge on any atom is 0.242 e. The molecule has 0 radical (unpaired) electrons. The third-order valence-corrected chi connectivity index (χ3v) is 6.53. The Bertz CT molecular complexity index is 1080. The largest absolute Gasteiger partial charge is 0.347 e. The minimum absolute atomic E-state index is 0.157. The summed E-state index contributed by atoms with van der Waals surface area (Å²) in [5.74, 6) is 1.30. The lowest BCUT2D eigenvalue weighted by atomic mass is 9.83. The van der Waals surface area contributed by atoms with E-state index in [0.29, 0.717) is 18.9 Å². The first-order chi connectivity index (χ1) is 15.9. The number of carbonyl (C=O) groups excluding carboxylic acids is 1. The number of pyridine rings is 1. The van der Waals surface area contributed by atoms with Crippen molar-refractivity contribution in [1.29, 1.82) is 0 Å². The van der Waals surface area contributed by atoms with Gasteiger partial charge in [0.2, 0.25) is 5.91 Å². The van der Waals surface area contributed by atoms with E-state index < -0.39 is 5.54 Å². The second-order valence-electron chi connectivity index (χ2n) is 9.43. The van der Waals surface area contributed by atoms with Gasteiger partial charge in [0.1, 0.15) is 11.4 Å². The van der Waals surface area contributed by atoms with Crippen molar-refractivity contribution >= 4 is 5.91 Å². The molecule has 0 saturated carbocycles. The topological polar surface area (TPSA) is 62.2 Å². The summed E-state index contributed by atoms with van der Waals surface area (Å²) in [4.78, 5) is 31.0. The lowest BCUT2D eigenvalue weighted by Crippen LogP contribution is -2.56. The maximum atomic E-state index is 13.7. The van der Waals surface area contributed by atoms with E-state index in [1.807, 2.05) is 51.0 Å². The zero-order chi connectivity index (χ0) is 23.4. The van der Waals surface area contributed by atoms with Crippen LogP contribution in [0.1, 0.15) is 49.6 Å². The Hall–Kier alpha value is -3.12. The Kier molecular flexibility index (Phi) is 6.84. The van der Waals surface area contributed by atoms with Gasteiger partial charge in [-0.1, -0.05) is 38.1 Å². The van der Waals surface area contributed by atoms with Crippen LogP contribution in [-0.4, -0.2) is 56.8 Å². The van der Waals surface area contributed by atoms with Gasteiger partial charge >= 0.3 is 0 Å². The molecule has 1 fully saturated rings. The SMILES string of the molecule is CC(C)c1ncc(CN2CCCC2(Cc2ccccc2-c2ccncc2)C(=O)N(C)C)cn1. The average Bonchev–Trinajstić information content (AvgIpc) is 3.22. The van der Waals surface area contributed by atoms with Crippen LogP contribution >= 0.6 is 0 Å². The molecule has 172 valence electrons. The summed E-state index contributed by atoms with van der Waals surface area (Å²) in [6.07, 6.45) is 9.94. The van der Waals surface area contributed by atoms with E-state index in [4.69, 9.17) is 0 Å². The van der Waals surface area contributed by atoms with Gasteiger partial charge in [0.05, 0.1) is 0 Å². The van der Waals surface area contributed by atoms with E-state index in [9.17, 15) is 4.79 Å². The van der Waals surface area contributed by atoms with Gasteiger partial charge in [-0.25, -0.2) is 9.97 Å². The van der Waals surface area contributed by atoms with Crippen molar-refractivity contribution in [2.24, 2.45) is 0 Å². The number of aromatic nitrogens is 3. The Morgan fingerprint density at radius 1 is 1.09 bits per heavy atom.